The Hall–Kier alpha value is -6.33. The van der Waals surface area contributed by atoms with Crippen molar-refractivity contribution in [3.05, 3.63) is 83.6 Å². The predicted octanol–water partition coefficient (Wildman–Crippen LogP) is 4.26. The van der Waals surface area contributed by atoms with Gasteiger partial charge >= 0.3 is 0 Å². The van der Waals surface area contributed by atoms with E-state index in [0.717, 1.165) is 21.7 Å². The van der Waals surface area contributed by atoms with Crippen molar-refractivity contribution in [2.75, 3.05) is 49.2 Å². The third-order valence-corrected chi connectivity index (χ3v) is 13.8. The first-order chi connectivity index (χ1) is 32.3. The number of benzene rings is 2. The lowest BCUT2D eigenvalue weighted by Crippen LogP contribution is -2.58. The third kappa shape index (κ3) is 11.5. The first-order valence-electron chi connectivity index (χ1n) is 22.0. The Morgan fingerprint density at radius 3 is 2.46 bits per heavy atom. The Bertz CT molecular complexity index is 2900. The number of nitrogens with zero attached hydrogens (tertiary/aromatic N) is 7. The summed E-state index contributed by atoms with van der Waals surface area (Å²) in [7, 11) is -1.95. The molecule has 0 saturated carbocycles. The molecule has 1 aliphatic rings. The van der Waals surface area contributed by atoms with Crippen LogP contribution in [0.2, 0.25) is 0 Å². The van der Waals surface area contributed by atoms with Crippen molar-refractivity contribution in [2.24, 2.45) is 12.5 Å². The minimum atomic E-state index is -3.68. The minimum absolute atomic E-state index is 0.0420. The number of aliphatic hydroxyl groups is 1. The van der Waals surface area contributed by atoms with E-state index in [1.54, 1.807) is 51.7 Å². The van der Waals surface area contributed by atoms with E-state index < -0.39 is 57.2 Å². The summed E-state index contributed by atoms with van der Waals surface area (Å²) in [6.07, 6.45) is 4.26. The lowest BCUT2D eigenvalue weighted by atomic mass is 9.85. The summed E-state index contributed by atoms with van der Waals surface area (Å²) < 4.78 is 56.0. The lowest BCUT2D eigenvalue weighted by molar-refractivity contribution is -0.144. The van der Waals surface area contributed by atoms with E-state index in [1.165, 1.54) is 24.0 Å². The highest BCUT2D eigenvalue weighted by Crippen LogP contribution is 2.38. The number of halogens is 1. The van der Waals surface area contributed by atoms with Crippen LogP contribution >= 0.6 is 11.3 Å². The van der Waals surface area contributed by atoms with Crippen molar-refractivity contribution in [3.8, 4) is 32.8 Å². The fourth-order valence-electron chi connectivity index (χ4n) is 7.88. The number of aliphatic hydroxyl groups excluding tert-OH is 1. The molecule has 0 aliphatic carbocycles. The average Bonchev–Trinajstić information content (AvgIpc) is 4.12. The smallest absolute Gasteiger partial charge is 0.246 e. The Labute approximate surface area is 397 Å². The summed E-state index contributed by atoms with van der Waals surface area (Å²) in [4.78, 5) is 51.7. The van der Waals surface area contributed by atoms with E-state index >= 15 is 4.39 Å². The van der Waals surface area contributed by atoms with Gasteiger partial charge in [-0.2, -0.15) is 10.2 Å². The van der Waals surface area contributed by atoms with E-state index in [2.05, 4.69) is 35.5 Å². The number of hydrogen-bond donors (Lipinski definition) is 5. The number of nitrogens with one attached hydrogen (secondary N) is 3. The molecule has 0 bridgehead atoms. The number of anilines is 2. The average molecular weight is 974 g/mol. The Morgan fingerprint density at radius 2 is 1.76 bits per heavy atom. The third-order valence-electron chi connectivity index (χ3n) is 11.5. The number of aromatic nitrogens is 6. The van der Waals surface area contributed by atoms with Crippen LogP contribution in [0, 0.1) is 18.2 Å². The van der Waals surface area contributed by atoms with Gasteiger partial charge in [-0.1, -0.05) is 51.1 Å². The molecule has 5 heterocycles. The van der Waals surface area contributed by atoms with Crippen LogP contribution in [0.25, 0.3) is 43.7 Å². The summed E-state index contributed by atoms with van der Waals surface area (Å²) in [6, 6.07) is 9.99. The van der Waals surface area contributed by atoms with Crippen LogP contribution < -0.4 is 21.1 Å². The molecular weight excluding hydrogens is 918 g/mol. The number of nitrogen functional groups attached to an aromatic ring is 1. The molecule has 362 valence electrons. The minimum Gasteiger partial charge on any atom is -0.391 e. The zero-order valence-electron chi connectivity index (χ0n) is 38.7. The predicted molar refractivity (Wildman–Crippen MR) is 256 cm³/mol. The number of thiazole rings is 1. The van der Waals surface area contributed by atoms with Crippen molar-refractivity contribution in [2.45, 2.75) is 72.3 Å². The van der Waals surface area contributed by atoms with Crippen molar-refractivity contribution in [3.63, 3.8) is 0 Å². The van der Waals surface area contributed by atoms with Gasteiger partial charge in [0.05, 0.1) is 77.1 Å². The molecule has 3 atom stereocenters. The van der Waals surface area contributed by atoms with Gasteiger partial charge in [0, 0.05) is 55.6 Å². The van der Waals surface area contributed by atoms with Crippen molar-refractivity contribution < 1.29 is 41.8 Å². The van der Waals surface area contributed by atoms with Crippen LogP contribution in [0.4, 0.5) is 15.9 Å². The monoisotopic (exact) mass is 973 g/mol. The molecule has 0 spiro atoms. The molecular formula is C46H56FN11O8S2. The summed E-state index contributed by atoms with van der Waals surface area (Å²) in [5.41, 5.74) is 12.9. The molecule has 22 heteroatoms. The standard InChI is InChI=1S/C46H56FN11O8S2/c1-7-68(63,64)55-35-13-12-30(18-34(35)47)39-38-40(56(6)54-39)33(22-49-43(38)48)31-21-52-57(23-31)14-15-65-16-17-66-25-37(60)53-42(46(3,4)5)45(62)58-24-32(59)19-36(58)44(61)50-20-28-8-10-29(11-9-28)41-27(2)51-26-67-41/h8-13,18,21-23,26,32,36,42,55,59H,7,14-17,19-20,24-25H2,1-6H3,(H2,48,49)(H,50,61)(H,53,60)/t32-,36+,42-/m1/s1. The summed E-state index contributed by atoms with van der Waals surface area (Å²) in [5, 5.41) is 25.8. The van der Waals surface area contributed by atoms with Gasteiger partial charge in [-0.05, 0) is 42.5 Å². The molecule has 7 rings (SSSR count). The highest BCUT2D eigenvalue weighted by Gasteiger charge is 2.44. The van der Waals surface area contributed by atoms with Gasteiger partial charge in [0.25, 0.3) is 0 Å². The molecule has 0 radical (unpaired) electrons. The van der Waals surface area contributed by atoms with E-state index in [1.807, 2.05) is 58.2 Å². The molecule has 3 amide bonds. The fraction of sp³-hybridized carbons (Fsp3) is 0.413. The molecule has 2 aromatic carbocycles. The number of amides is 3. The molecule has 19 nitrogen and oxygen atoms in total. The van der Waals surface area contributed by atoms with Crippen LogP contribution in [0.5, 0.6) is 0 Å². The molecule has 68 heavy (non-hydrogen) atoms. The number of sulfonamides is 1. The number of ether oxygens (including phenoxy) is 2. The Morgan fingerprint density at radius 1 is 1.03 bits per heavy atom. The summed E-state index contributed by atoms with van der Waals surface area (Å²) >= 11 is 1.56. The summed E-state index contributed by atoms with van der Waals surface area (Å²) in [6.45, 7) is 9.63. The fourth-order valence-corrected chi connectivity index (χ4v) is 9.34. The van der Waals surface area contributed by atoms with Gasteiger partial charge < -0.3 is 35.8 Å². The molecule has 6 aromatic rings. The van der Waals surface area contributed by atoms with Crippen molar-refractivity contribution in [1.82, 2.24) is 45.1 Å². The second kappa shape index (κ2) is 20.9. The largest absolute Gasteiger partial charge is 0.391 e. The lowest BCUT2D eigenvalue weighted by Gasteiger charge is -2.35. The van der Waals surface area contributed by atoms with Gasteiger partial charge in [-0.25, -0.2) is 22.8 Å². The molecule has 1 fully saturated rings. The number of aryl methyl sites for hydroxylation is 2. The maximum Gasteiger partial charge on any atom is 0.246 e. The Balaban J connectivity index is 0.873. The second-order valence-corrected chi connectivity index (χ2v) is 20.4. The van der Waals surface area contributed by atoms with E-state index in [0.29, 0.717) is 39.8 Å². The van der Waals surface area contributed by atoms with E-state index in [-0.39, 0.29) is 63.2 Å². The summed E-state index contributed by atoms with van der Waals surface area (Å²) in [5.74, 6) is -2.18. The van der Waals surface area contributed by atoms with Crippen LogP contribution in [-0.2, 0) is 54.0 Å². The van der Waals surface area contributed by atoms with Gasteiger partial charge in [0.15, 0.2) is 0 Å². The number of β-amino-alcohol motifs (C(OH)–C–C–N with tert-alkyl or cyclic N) is 1. The maximum absolute atomic E-state index is 15.1. The number of nitrogens with two attached hydrogens (primary N) is 1. The van der Waals surface area contributed by atoms with Gasteiger partial charge in [0.1, 0.15) is 36.0 Å². The molecule has 1 saturated heterocycles. The second-order valence-electron chi connectivity index (χ2n) is 17.6. The number of pyridine rings is 1. The molecule has 1 aliphatic heterocycles. The quantitative estimate of drug-likeness (QED) is 0.0713. The van der Waals surface area contributed by atoms with E-state index in [9.17, 15) is 27.9 Å². The van der Waals surface area contributed by atoms with Gasteiger partial charge in [0.2, 0.25) is 27.7 Å². The van der Waals surface area contributed by atoms with Crippen LogP contribution in [0.15, 0.2) is 66.6 Å². The Kier molecular flexibility index (Phi) is 15.2. The molecule has 4 aromatic heterocycles. The number of likely N-dealkylation sites (tertiary alicyclic amines) is 1. The molecule has 0 unspecified atom stereocenters. The van der Waals surface area contributed by atoms with Crippen molar-refractivity contribution in [1.29, 1.82) is 0 Å². The number of rotatable bonds is 19. The maximum atomic E-state index is 15.1. The number of carbonyl (C=O) groups is 3. The van der Waals surface area contributed by atoms with Gasteiger partial charge in [-0.3, -0.25) is 28.5 Å². The molecule has 6 N–H and O–H groups in total. The number of hydrogen-bond acceptors (Lipinski definition) is 14. The topological polar surface area (TPSA) is 251 Å². The first kappa shape index (κ1) is 49.6. The first-order valence-corrected chi connectivity index (χ1v) is 24.5. The van der Waals surface area contributed by atoms with Gasteiger partial charge in [-0.15, -0.1) is 11.3 Å². The normalized spacial score (nSPS) is 15.7. The van der Waals surface area contributed by atoms with Crippen LogP contribution in [0.3, 0.4) is 0 Å². The van der Waals surface area contributed by atoms with Crippen LogP contribution in [0.1, 0.15) is 45.4 Å². The van der Waals surface area contributed by atoms with E-state index in [4.69, 9.17) is 15.2 Å². The zero-order chi connectivity index (χ0) is 48.9. The highest BCUT2D eigenvalue weighted by molar-refractivity contribution is 7.92. The highest BCUT2D eigenvalue weighted by atomic mass is 32.2. The SMILES string of the molecule is CCS(=O)(=O)Nc1ccc(-c2nn(C)c3c(-c4cnn(CCOCCOCC(=O)N[C@H](C(=O)N5C[C@H](O)C[C@H]5C(=O)NCc5ccc(-c6scnc6C)cc5)C(C)(C)C)c4)cnc(N)c23)cc1F. The van der Waals surface area contributed by atoms with Crippen LogP contribution in [-0.4, -0.2) is 123 Å². The van der Waals surface area contributed by atoms with Crippen molar-refractivity contribution >= 4 is 61.5 Å². The zero-order valence-corrected chi connectivity index (χ0v) is 40.3. The number of carbonyl (C=O) groups excluding carboxylic acids is 3. The number of fused-ring (bicyclic) bond motifs is 1.